The van der Waals surface area contributed by atoms with Gasteiger partial charge in [-0.3, -0.25) is 9.59 Å². The SMILES string of the molecule is CCc1nc2c(cnn2CC)c(NC2CCOCC2)c1CC1CC1(C(N)=O)C(=O)NCc1ccc(C)c(-c2cccc(CC3CCN(C)CC3)c2)c1. The second-order valence-corrected chi connectivity index (χ2v) is 15.4. The molecule has 1 aliphatic carbocycles. The number of nitrogens with zero attached hydrogens (tertiary/aromatic N) is 4. The zero-order valence-electron chi connectivity index (χ0n) is 31.3. The van der Waals surface area contributed by atoms with Gasteiger partial charge in [-0.1, -0.05) is 43.3 Å². The van der Waals surface area contributed by atoms with Crippen LogP contribution in [0.25, 0.3) is 22.2 Å². The number of carbonyl (C=O) groups excluding carboxylic acids is 2. The molecule has 2 aromatic carbocycles. The number of carbonyl (C=O) groups is 2. The summed E-state index contributed by atoms with van der Waals surface area (Å²) in [4.78, 5) is 34.6. The summed E-state index contributed by atoms with van der Waals surface area (Å²) in [5, 5.41) is 12.5. The predicted molar refractivity (Wildman–Crippen MR) is 206 cm³/mol. The van der Waals surface area contributed by atoms with Crippen LogP contribution in [0.5, 0.6) is 0 Å². The Morgan fingerprint density at radius 2 is 1.81 bits per heavy atom. The molecule has 10 heteroatoms. The van der Waals surface area contributed by atoms with Gasteiger partial charge in [-0.2, -0.15) is 5.10 Å². The fourth-order valence-corrected chi connectivity index (χ4v) is 8.54. The summed E-state index contributed by atoms with van der Waals surface area (Å²) in [5.41, 5.74) is 14.6. The molecule has 7 rings (SSSR count). The maximum absolute atomic E-state index is 14.0. The zero-order chi connectivity index (χ0) is 36.4. The van der Waals surface area contributed by atoms with Crippen molar-refractivity contribution in [3.8, 4) is 11.1 Å². The molecule has 2 unspecified atom stereocenters. The van der Waals surface area contributed by atoms with Crippen LogP contribution in [0.1, 0.15) is 73.9 Å². The second-order valence-electron chi connectivity index (χ2n) is 15.4. The summed E-state index contributed by atoms with van der Waals surface area (Å²) >= 11 is 0. The van der Waals surface area contributed by atoms with Crippen LogP contribution in [0.4, 0.5) is 5.69 Å². The molecule has 10 nitrogen and oxygen atoms in total. The Balaban J connectivity index is 1.08. The van der Waals surface area contributed by atoms with Crippen LogP contribution >= 0.6 is 0 Å². The molecule has 2 atom stereocenters. The molecule has 4 N–H and O–H groups in total. The number of primary amides is 1. The van der Waals surface area contributed by atoms with Crippen molar-refractivity contribution in [2.24, 2.45) is 23.0 Å². The lowest BCUT2D eigenvalue weighted by molar-refractivity contribution is -0.136. The Hall–Kier alpha value is -4.28. The van der Waals surface area contributed by atoms with Crippen LogP contribution in [0.3, 0.4) is 0 Å². The van der Waals surface area contributed by atoms with Gasteiger partial charge >= 0.3 is 0 Å². The fourth-order valence-electron chi connectivity index (χ4n) is 8.54. The number of hydrogen-bond donors (Lipinski definition) is 3. The quantitative estimate of drug-likeness (QED) is 0.150. The van der Waals surface area contributed by atoms with Crippen molar-refractivity contribution in [3.63, 3.8) is 0 Å². The van der Waals surface area contributed by atoms with Crippen LogP contribution in [-0.2, 0) is 46.7 Å². The van der Waals surface area contributed by atoms with Crippen molar-refractivity contribution in [1.29, 1.82) is 0 Å². The Morgan fingerprint density at radius 3 is 2.54 bits per heavy atom. The normalized spacial score (nSPS) is 21.3. The molecule has 2 aromatic heterocycles. The lowest BCUT2D eigenvalue weighted by atomic mass is 9.89. The van der Waals surface area contributed by atoms with Gasteiger partial charge < -0.3 is 26.0 Å². The van der Waals surface area contributed by atoms with Gasteiger partial charge in [0.1, 0.15) is 5.41 Å². The van der Waals surface area contributed by atoms with E-state index in [0.717, 1.165) is 90.5 Å². The summed E-state index contributed by atoms with van der Waals surface area (Å²) in [5.74, 6) is -0.352. The predicted octanol–water partition coefficient (Wildman–Crippen LogP) is 5.81. The summed E-state index contributed by atoms with van der Waals surface area (Å²) in [6.07, 6.45) is 8.98. The number of aromatic nitrogens is 3. The molecule has 4 heterocycles. The smallest absolute Gasteiger partial charge is 0.236 e. The van der Waals surface area contributed by atoms with Gasteiger partial charge in [-0.05, 0) is 137 Å². The number of nitrogens with two attached hydrogens (primary N) is 1. The van der Waals surface area contributed by atoms with Crippen molar-refractivity contribution in [2.45, 2.75) is 91.3 Å². The molecule has 4 aromatic rings. The minimum absolute atomic E-state index is 0.216. The highest BCUT2D eigenvalue weighted by Crippen LogP contribution is 2.55. The first-order valence-electron chi connectivity index (χ1n) is 19.4. The molecule has 52 heavy (non-hydrogen) atoms. The first-order chi connectivity index (χ1) is 25.2. The fraction of sp³-hybridized carbons (Fsp3) is 0.524. The average molecular weight is 706 g/mol. The summed E-state index contributed by atoms with van der Waals surface area (Å²) in [6, 6.07) is 15.5. The third-order valence-electron chi connectivity index (χ3n) is 11.9. The number of fused-ring (bicyclic) bond motifs is 1. The van der Waals surface area contributed by atoms with Crippen molar-refractivity contribution < 1.29 is 14.3 Å². The molecule has 0 radical (unpaired) electrons. The van der Waals surface area contributed by atoms with Crippen LogP contribution in [-0.4, -0.2) is 70.9 Å². The molecule has 276 valence electrons. The minimum Gasteiger partial charge on any atom is -0.381 e. The van der Waals surface area contributed by atoms with E-state index in [0.29, 0.717) is 19.4 Å². The van der Waals surface area contributed by atoms with Crippen molar-refractivity contribution in [2.75, 3.05) is 38.7 Å². The first-order valence-corrected chi connectivity index (χ1v) is 19.4. The van der Waals surface area contributed by atoms with E-state index in [9.17, 15) is 9.59 Å². The van der Waals surface area contributed by atoms with E-state index < -0.39 is 11.3 Å². The van der Waals surface area contributed by atoms with Gasteiger partial charge in [0.2, 0.25) is 11.8 Å². The number of amides is 2. The Morgan fingerprint density at radius 1 is 1.02 bits per heavy atom. The Kier molecular flexibility index (Phi) is 10.7. The number of likely N-dealkylation sites (tertiary alicyclic amines) is 1. The molecular weight excluding hydrogens is 651 g/mol. The molecule has 2 saturated heterocycles. The topological polar surface area (TPSA) is 127 Å². The van der Waals surface area contributed by atoms with Crippen molar-refractivity contribution >= 4 is 28.5 Å². The molecule has 3 fully saturated rings. The van der Waals surface area contributed by atoms with Crippen LogP contribution in [0, 0.1) is 24.2 Å². The lowest BCUT2D eigenvalue weighted by Gasteiger charge is -2.29. The molecule has 2 aliphatic heterocycles. The van der Waals surface area contributed by atoms with E-state index in [1.54, 1.807) is 0 Å². The minimum atomic E-state index is -1.25. The van der Waals surface area contributed by atoms with Crippen LogP contribution in [0.2, 0.25) is 0 Å². The van der Waals surface area contributed by atoms with Gasteiger partial charge in [0.05, 0.1) is 17.3 Å². The Labute approximate surface area is 307 Å². The number of ether oxygens (including phenoxy) is 1. The summed E-state index contributed by atoms with van der Waals surface area (Å²) in [6.45, 7) is 11.1. The second kappa shape index (κ2) is 15.4. The Bertz CT molecular complexity index is 1920. The lowest BCUT2D eigenvalue weighted by Crippen LogP contribution is -2.42. The third kappa shape index (κ3) is 7.33. The standard InChI is InChI=1S/C42H55N7O3/c1-5-37-35(38(46-33-14-18-52-19-15-33)36-26-45-49(6-2)39(36)47-37)23-32-24-42(32,40(43)50)41(51)44-25-30-11-10-27(3)34(22-30)31-9-7-8-29(21-31)20-28-12-16-48(4)17-13-28/h7-11,21-22,26,28,32-33H,5-6,12-20,23-25H2,1-4H3,(H2,43,50)(H,44,51)(H,46,47). The van der Waals surface area contributed by atoms with E-state index in [-0.39, 0.29) is 17.9 Å². The van der Waals surface area contributed by atoms with Crippen molar-refractivity contribution in [1.82, 2.24) is 25.0 Å². The average Bonchev–Trinajstić information content (AvgIpc) is 3.75. The number of aryl methyl sites for hydroxylation is 3. The highest BCUT2D eigenvalue weighted by atomic mass is 16.5. The highest BCUT2D eigenvalue weighted by Gasteiger charge is 2.64. The van der Waals surface area contributed by atoms with E-state index in [1.807, 2.05) is 10.9 Å². The maximum atomic E-state index is 14.0. The largest absolute Gasteiger partial charge is 0.381 e. The van der Waals surface area contributed by atoms with Gasteiger partial charge in [0.15, 0.2) is 5.65 Å². The van der Waals surface area contributed by atoms with E-state index in [4.69, 9.17) is 15.5 Å². The number of hydrogen-bond acceptors (Lipinski definition) is 7. The van der Waals surface area contributed by atoms with Gasteiger partial charge in [-0.25, -0.2) is 9.67 Å². The van der Waals surface area contributed by atoms with E-state index in [2.05, 4.69) is 90.9 Å². The summed E-state index contributed by atoms with van der Waals surface area (Å²) in [7, 11) is 2.21. The van der Waals surface area contributed by atoms with Crippen LogP contribution in [0.15, 0.2) is 48.7 Å². The third-order valence-corrected chi connectivity index (χ3v) is 11.9. The van der Waals surface area contributed by atoms with Crippen LogP contribution < -0.4 is 16.4 Å². The van der Waals surface area contributed by atoms with Crippen molar-refractivity contribution in [3.05, 3.63) is 76.6 Å². The summed E-state index contributed by atoms with van der Waals surface area (Å²) < 4.78 is 7.56. The molecule has 2 amide bonds. The number of anilines is 1. The molecule has 0 spiro atoms. The molecular formula is C42H55N7O3. The van der Waals surface area contributed by atoms with E-state index in [1.165, 1.54) is 42.6 Å². The zero-order valence-corrected chi connectivity index (χ0v) is 31.3. The number of rotatable bonds is 13. The maximum Gasteiger partial charge on any atom is 0.236 e. The molecule has 3 aliphatic rings. The number of piperidine rings is 1. The number of nitrogens with one attached hydrogen (secondary N) is 2. The molecule has 1 saturated carbocycles. The molecule has 0 bridgehead atoms. The first kappa shape index (κ1) is 36.1. The van der Waals surface area contributed by atoms with E-state index >= 15 is 0 Å². The van der Waals surface area contributed by atoms with Gasteiger partial charge in [-0.15, -0.1) is 0 Å². The number of benzene rings is 2. The van der Waals surface area contributed by atoms with Gasteiger partial charge in [0, 0.05) is 38.0 Å². The highest BCUT2D eigenvalue weighted by molar-refractivity contribution is 6.08. The number of pyridine rings is 1. The monoisotopic (exact) mass is 705 g/mol. The van der Waals surface area contributed by atoms with Gasteiger partial charge in [0.25, 0.3) is 0 Å².